The van der Waals surface area contributed by atoms with E-state index in [2.05, 4.69) is 41.5 Å². The van der Waals surface area contributed by atoms with E-state index in [9.17, 15) is 9.59 Å². The van der Waals surface area contributed by atoms with Gasteiger partial charge in [0.1, 0.15) is 13.2 Å². The van der Waals surface area contributed by atoms with E-state index >= 15 is 0 Å². The second kappa shape index (κ2) is 29.0. The van der Waals surface area contributed by atoms with Gasteiger partial charge in [-0.1, -0.05) is 157 Å². The summed E-state index contributed by atoms with van der Waals surface area (Å²) in [6, 6.07) is 0. The molecule has 41 heavy (non-hydrogen) atoms. The van der Waals surface area contributed by atoms with Crippen molar-refractivity contribution in [3.05, 3.63) is 0 Å². The second-order valence-electron chi connectivity index (χ2n) is 13.3. The molecule has 5 heteroatoms. The van der Waals surface area contributed by atoms with Crippen molar-refractivity contribution in [2.75, 3.05) is 39.4 Å². The van der Waals surface area contributed by atoms with Gasteiger partial charge in [0, 0.05) is 26.2 Å². The number of carbonyl (C=O) groups is 2. The number of unbranched alkanes of at least 4 members (excludes halogenated alkanes) is 18. The lowest BCUT2D eigenvalue weighted by atomic mass is 10.1. The van der Waals surface area contributed by atoms with E-state index < -0.39 is 0 Å². The van der Waals surface area contributed by atoms with Crippen LogP contribution in [0, 0.1) is 11.8 Å². The van der Waals surface area contributed by atoms with Crippen molar-refractivity contribution in [3.8, 4) is 0 Å². The minimum absolute atomic E-state index is 0.00396. The molecule has 0 aromatic carbocycles. The lowest BCUT2D eigenvalue weighted by Crippen LogP contribution is -2.40. The van der Waals surface area contributed by atoms with Crippen molar-refractivity contribution in [1.29, 1.82) is 0 Å². The number of carbonyl (C=O) groups excluding carboxylic acids is 2. The molecule has 0 bridgehead atoms. The smallest absolute Gasteiger partial charge is 0.248 e. The molecule has 0 heterocycles. The largest absolute Gasteiger partial charge is 0.362 e. The van der Waals surface area contributed by atoms with Crippen LogP contribution >= 0.6 is 0 Å². The van der Waals surface area contributed by atoms with Crippen molar-refractivity contribution >= 4 is 11.8 Å². The molecule has 0 fully saturated rings. The molecule has 0 unspecified atom stereocenters. The standard InChI is InChI=1S/C36H72N2O3/c1-7-9-11-13-15-17-19-21-23-25-27-37(29-33(3)4)35(39)31-41-32-36(40)38(30-34(5)6)28-26-24-22-20-18-16-14-12-10-8-2/h33-34H,7-32H2,1-6H3. The highest BCUT2D eigenvalue weighted by Crippen LogP contribution is 2.13. The zero-order chi connectivity index (χ0) is 30.6. The number of rotatable bonds is 30. The van der Waals surface area contributed by atoms with Gasteiger partial charge in [-0.05, 0) is 24.7 Å². The lowest BCUT2D eigenvalue weighted by molar-refractivity contribution is -0.142. The Morgan fingerprint density at radius 3 is 1.00 bits per heavy atom. The average Bonchev–Trinajstić information content (AvgIpc) is 2.93. The van der Waals surface area contributed by atoms with Gasteiger partial charge in [0.05, 0.1) is 0 Å². The molecule has 0 aromatic rings. The van der Waals surface area contributed by atoms with Gasteiger partial charge >= 0.3 is 0 Å². The van der Waals surface area contributed by atoms with Crippen LogP contribution in [0.5, 0.6) is 0 Å². The minimum atomic E-state index is 0.00396. The maximum atomic E-state index is 12.9. The van der Waals surface area contributed by atoms with Crippen molar-refractivity contribution in [1.82, 2.24) is 9.80 Å². The first-order valence-corrected chi connectivity index (χ1v) is 17.9. The number of hydrogen-bond acceptors (Lipinski definition) is 3. The second-order valence-corrected chi connectivity index (χ2v) is 13.3. The molecule has 0 rings (SSSR count). The van der Waals surface area contributed by atoms with Crippen LogP contribution in [0.4, 0.5) is 0 Å². The molecule has 0 aliphatic rings. The topological polar surface area (TPSA) is 49.9 Å². The third kappa shape index (κ3) is 26.3. The number of nitrogens with zero attached hydrogens (tertiary/aromatic N) is 2. The Hall–Kier alpha value is -1.10. The molecule has 0 aromatic heterocycles. The minimum Gasteiger partial charge on any atom is -0.362 e. The van der Waals surface area contributed by atoms with Crippen LogP contribution in [0.15, 0.2) is 0 Å². The van der Waals surface area contributed by atoms with Gasteiger partial charge in [-0.15, -0.1) is 0 Å². The van der Waals surface area contributed by atoms with Gasteiger partial charge in [-0.2, -0.15) is 0 Å². The summed E-state index contributed by atoms with van der Waals surface area (Å²) in [5.41, 5.74) is 0. The van der Waals surface area contributed by atoms with Crippen LogP contribution in [0.1, 0.15) is 170 Å². The molecule has 0 spiro atoms. The molecule has 0 radical (unpaired) electrons. The number of hydrogen-bond donors (Lipinski definition) is 0. The van der Waals surface area contributed by atoms with Crippen molar-refractivity contribution in [2.24, 2.45) is 11.8 Å². The molecule has 0 N–H and O–H groups in total. The maximum Gasteiger partial charge on any atom is 0.248 e. The summed E-state index contributed by atoms with van der Waals surface area (Å²) < 4.78 is 5.70. The van der Waals surface area contributed by atoms with Crippen LogP contribution in [0.25, 0.3) is 0 Å². The molecule has 0 saturated carbocycles. The Bertz CT molecular complexity index is 543. The molecular weight excluding hydrogens is 508 g/mol. The first-order valence-electron chi connectivity index (χ1n) is 17.9. The SMILES string of the molecule is CCCCCCCCCCCCN(CC(C)C)C(=O)COCC(=O)N(CCCCCCCCCCCC)CC(C)C. The van der Waals surface area contributed by atoms with Gasteiger partial charge in [-0.3, -0.25) is 9.59 Å². The van der Waals surface area contributed by atoms with Gasteiger partial charge in [0.15, 0.2) is 0 Å². The molecule has 2 amide bonds. The van der Waals surface area contributed by atoms with E-state index in [0.29, 0.717) is 11.8 Å². The zero-order valence-electron chi connectivity index (χ0n) is 28.7. The lowest BCUT2D eigenvalue weighted by Gasteiger charge is -2.26. The molecule has 0 aliphatic carbocycles. The van der Waals surface area contributed by atoms with E-state index in [1.807, 2.05) is 9.80 Å². The van der Waals surface area contributed by atoms with Crippen molar-refractivity contribution < 1.29 is 14.3 Å². The summed E-state index contributed by atoms with van der Waals surface area (Å²) in [6.45, 7) is 16.3. The monoisotopic (exact) mass is 581 g/mol. The molecule has 0 aliphatic heterocycles. The average molecular weight is 581 g/mol. The summed E-state index contributed by atoms with van der Waals surface area (Å²) >= 11 is 0. The fraction of sp³-hybridized carbons (Fsp3) is 0.944. The Balaban J connectivity index is 4.27. The van der Waals surface area contributed by atoms with Crippen molar-refractivity contribution in [3.63, 3.8) is 0 Å². The fourth-order valence-corrected chi connectivity index (χ4v) is 5.51. The molecular formula is C36H72N2O3. The first-order chi connectivity index (χ1) is 19.8. The molecule has 5 nitrogen and oxygen atoms in total. The highest BCUT2D eigenvalue weighted by molar-refractivity contribution is 5.79. The molecule has 0 saturated heterocycles. The van der Waals surface area contributed by atoms with Crippen LogP contribution in [-0.2, 0) is 14.3 Å². The van der Waals surface area contributed by atoms with Crippen LogP contribution in [-0.4, -0.2) is 61.0 Å². The predicted octanol–water partition coefficient (Wildman–Crippen LogP) is 9.81. The van der Waals surface area contributed by atoms with Gasteiger partial charge in [0.25, 0.3) is 0 Å². The third-order valence-electron chi connectivity index (χ3n) is 7.89. The first kappa shape index (κ1) is 39.9. The maximum absolute atomic E-state index is 12.9. The zero-order valence-corrected chi connectivity index (χ0v) is 28.7. The van der Waals surface area contributed by atoms with Crippen molar-refractivity contribution in [2.45, 2.75) is 170 Å². The molecule has 244 valence electrons. The Kier molecular flexibility index (Phi) is 28.2. The third-order valence-corrected chi connectivity index (χ3v) is 7.89. The summed E-state index contributed by atoms with van der Waals surface area (Å²) in [6.07, 6.45) is 25.9. The van der Waals surface area contributed by atoms with Crippen LogP contribution in [0.2, 0.25) is 0 Å². The Morgan fingerprint density at radius 1 is 0.463 bits per heavy atom. The van der Waals surface area contributed by atoms with E-state index in [4.69, 9.17) is 4.74 Å². The predicted molar refractivity (Wildman–Crippen MR) is 177 cm³/mol. The van der Waals surface area contributed by atoms with E-state index in [1.165, 1.54) is 116 Å². The highest BCUT2D eigenvalue weighted by Gasteiger charge is 2.18. The summed E-state index contributed by atoms with van der Waals surface area (Å²) in [5, 5.41) is 0. The van der Waals surface area contributed by atoms with E-state index in [1.54, 1.807) is 0 Å². The molecule has 0 atom stereocenters. The van der Waals surface area contributed by atoms with E-state index in [0.717, 1.165) is 39.0 Å². The van der Waals surface area contributed by atoms with E-state index in [-0.39, 0.29) is 25.0 Å². The van der Waals surface area contributed by atoms with Gasteiger partial charge < -0.3 is 14.5 Å². The summed E-state index contributed by atoms with van der Waals surface area (Å²) in [5.74, 6) is 0.887. The van der Waals surface area contributed by atoms with Gasteiger partial charge in [-0.25, -0.2) is 0 Å². The van der Waals surface area contributed by atoms with Crippen LogP contribution < -0.4 is 0 Å². The van der Waals surface area contributed by atoms with Crippen LogP contribution in [0.3, 0.4) is 0 Å². The summed E-state index contributed by atoms with van der Waals surface area (Å²) in [4.78, 5) is 29.8. The fourth-order valence-electron chi connectivity index (χ4n) is 5.51. The quantitative estimate of drug-likeness (QED) is 0.0794. The normalized spacial score (nSPS) is 11.5. The Labute approximate surface area is 256 Å². The number of amides is 2. The highest BCUT2D eigenvalue weighted by atomic mass is 16.5. The van der Waals surface area contributed by atoms with Gasteiger partial charge in [0.2, 0.25) is 11.8 Å². The Morgan fingerprint density at radius 2 is 0.732 bits per heavy atom. The summed E-state index contributed by atoms with van der Waals surface area (Å²) in [7, 11) is 0. The number of ether oxygens (including phenoxy) is 1.